The summed E-state index contributed by atoms with van der Waals surface area (Å²) >= 11 is 1.47. The second kappa shape index (κ2) is 5.67. The van der Waals surface area contributed by atoms with Gasteiger partial charge in [0.1, 0.15) is 5.84 Å². The van der Waals surface area contributed by atoms with Crippen molar-refractivity contribution in [3.05, 3.63) is 21.4 Å². The molecule has 5 nitrogen and oxygen atoms in total. The number of thiophene rings is 1. The Morgan fingerprint density at radius 2 is 2.29 bits per heavy atom. The molecule has 0 saturated carbocycles. The molecule has 94 valence electrons. The maximum absolute atomic E-state index is 11.8. The van der Waals surface area contributed by atoms with Crippen LogP contribution in [0.25, 0.3) is 0 Å². The van der Waals surface area contributed by atoms with E-state index in [1.807, 2.05) is 26.8 Å². The maximum atomic E-state index is 11.8. The van der Waals surface area contributed by atoms with Gasteiger partial charge in [0.05, 0.1) is 4.88 Å². The molecule has 0 bridgehead atoms. The summed E-state index contributed by atoms with van der Waals surface area (Å²) < 4.78 is 0. The molecule has 0 aromatic carbocycles. The standard InChI is InChI=1S/C11H17N3O2S/c1-6-4-9(17-8(6)3)11(15)13-7(2)5-10(12)14-16/h4,7,16H,5H2,1-3H3,(H2,12,14)(H,13,15). The van der Waals surface area contributed by atoms with E-state index in [0.29, 0.717) is 11.3 Å². The fourth-order valence-electron chi connectivity index (χ4n) is 1.39. The van der Waals surface area contributed by atoms with Gasteiger partial charge in [-0.05, 0) is 32.4 Å². The lowest BCUT2D eigenvalue weighted by atomic mass is 10.2. The summed E-state index contributed by atoms with van der Waals surface area (Å²) in [5, 5.41) is 14.1. The van der Waals surface area contributed by atoms with Crippen LogP contribution in [0, 0.1) is 13.8 Å². The molecule has 0 spiro atoms. The number of amidine groups is 1. The lowest BCUT2D eigenvalue weighted by Crippen LogP contribution is -2.35. The number of carbonyl (C=O) groups excluding carboxylic acids is 1. The van der Waals surface area contributed by atoms with Gasteiger partial charge >= 0.3 is 0 Å². The summed E-state index contributed by atoms with van der Waals surface area (Å²) in [6.07, 6.45) is 0.325. The van der Waals surface area contributed by atoms with Gasteiger partial charge in [-0.3, -0.25) is 4.79 Å². The molecule has 17 heavy (non-hydrogen) atoms. The number of aryl methyl sites for hydroxylation is 2. The number of nitrogens with one attached hydrogen (secondary N) is 1. The topological polar surface area (TPSA) is 87.7 Å². The van der Waals surface area contributed by atoms with Crippen LogP contribution in [0.5, 0.6) is 0 Å². The third kappa shape index (κ3) is 3.74. The summed E-state index contributed by atoms with van der Waals surface area (Å²) in [6, 6.07) is 1.70. The van der Waals surface area contributed by atoms with Gasteiger partial charge in [0.15, 0.2) is 0 Å². The third-order valence-corrected chi connectivity index (χ3v) is 3.56. The van der Waals surface area contributed by atoms with Crippen molar-refractivity contribution < 1.29 is 10.0 Å². The number of nitrogens with zero attached hydrogens (tertiary/aromatic N) is 1. The zero-order valence-electron chi connectivity index (χ0n) is 10.2. The molecule has 1 heterocycles. The van der Waals surface area contributed by atoms with Gasteiger partial charge in [0.2, 0.25) is 0 Å². The van der Waals surface area contributed by atoms with E-state index >= 15 is 0 Å². The van der Waals surface area contributed by atoms with Crippen molar-refractivity contribution in [2.45, 2.75) is 33.2 Å². The number of amides is 1. The fraction of sp³-hybridized carbons (Fsp3) is 0.455. The number of hydrogen-bond acceptors (Lipinski definition) is 4. The molecule has 1 rings (SSSR count). The Bertz CT molecular complexity index is 420. The first-order valence-corrected chi connectivity index (χ1v) is 6.10. The van der Waals surface area contributed by atoms with Gasteiger partial charge < -0.3 is 16.3 Å². The van der Waals surface area contributed by atoms with E-state index in [1.165, 1.54) is 11.3 Å². The Balaban J connectivity index is 2.60. The lowest BCUT2D eigenvalue weighted by Gasteiger charge is -2.11. The number of carbonyl (C=O) groups is 1. The average molecular weight is 255 g/mol. The summed E-state index contributed by atoms with van der Waals surface area (Å²) in [6.45, 7) is 5.77. The maximum Gasteiger partial charge on any atom is 0.261 e. The summed E-state index contributed by atoms with van der Waals surface area (Å²) in [4.78, 5) is 13.7. The van der Waals surface area contributed by atoms with Gasteiger partial charge in [0.25, 0.3) is 5.91 Å². The molecule has 0 aliphatic rings. The van der Waals surface area contributed by atoms with Crippen LogP contribution in [0.1, 0.15) is 33.5 Å². The minimum absolute atomic E-state index is 0.108. The summed E-state index contributed by atoms with van der Waals surface area (Å²) in [7, 11) is 0. The predicted octanol–water partition coefficient (Wildman–Crippen LogP) is 1.62. The van der Waals surface area contributed by atoms with Gasteiger partial charge in [-0.25, -0.2) is 0 Å². The van der Waals surface area contributed by atoms with Crippen molar-refractivity contribution in [3.63, 3.8) is 0 Å². The molecular formula is C11H17N3O2S. The van der Waals surface area contributed by atoms with E-state index < -0.39 is 0 Å². The second-order valence-corrected chi connectivity index (χ2v) is 5.28. The normalized spacial score (nSPS) is 13.5. The first-order chi connectivity index (χ1) is 7.93. The molecule has 0 radical (unpaired) electrons. The summed E-state index contributed by atoms with van der Waals surface area (Å²) in [5.74, 6) is -0.0132. The molecule has 1 unspecified atom stereocenters. The Labute approximate surface area is 104 Å². The molecule has 1 aromatic rings. The van der Waals surface area contributed by atoms with Gasteiger partial charge in [-0.15, -0.1) is 11.3 Å². The van der Waals surface area contributed by atoms with Crippen LogP contribution in [-0.2, 0) is 0 Å². The van der Waals surface area contributed by atoms with Crippen LogP contribution >= 0.6 is 11.3 Å². The van der Waals surface area contributed by atoms with Crippen LogP contribution in [0.15, 0.2) is 11.2 Å². The molecule has 0 fully saturated rings. The van der Waals surface area contributed by atoms with E-state index in [-0.39, 0.29) is 17.8 Å². The van der Waals surface area contributed by atoms with Crippen LogP contribution in [0.4, 0.5) is 0 Å². The minimum atomic E-state index is -0.166. The Kier molecular flexibility index (Phi) is 4.51. The zero-order chi connectivity index (χ0) is 13.0. The van der Waals surface area contributed by atoms with Crippen molar-refractivity contribution in [1.82, 2.24) is 5.32 Å². The Hall–Kier alpha value is -1.56. The molecule has 1 aromatic heterocycles. The van der Waals surface area contributed by atoms with Crippen molar-refractivity contribution in [2.75, 3.05) is 0 Å². The highest BCUT2D eigenvalue weighted by molar-refractivity contribution is 7.14. The quantitative estimate of drug-likeness (QED) is 0.330. The van der Waals surface area contributed by atoms with Gasteiger partial charge in [0, 0.05) is 17.3 Å². The molecule has 0 aliphatic heterocycles. The molecule has 1 atom stereocenters. The number of rotatable bonds is 4. The first-order valence-electron chi connectivity index (χ1n) is 5.28. The molecule has 0 aliphatic carbocycles. The highest BCUT2D eigenvalue weighted by Gasteiger charge is 2.13. The monoisotopic (exact) mass is 255 g/mol. The zero-order valence-corrected chi connectivity index (χ0v) is 11.0. The van der Waals surface area contributed by atoms with E-state index in [4.69, 9.17) is 10.9 Å². The SMILES string of the molecule is Cc1cc(C(=O)NC(C)CC(N)=NO)sc1C. The Morgan fingerprint density at radius 3 is 2.76 bits per heavy atom. The molecular weight excluding hydrogens is 238 g/mol. The highest BCUT2D eigenvalue weighted by Crippen LogP contribution is 2.20. The highest BCUT2D eigenvalue weighted by atomic mass is 32.1. The Morgan fingerprint density at radius 1 is 1.65 bits per heavy atom. The number of oxime groups is 1. The molecule has 4 N–H and O–H groups in total. The van der Waals surface area contributed by atoms with Crippen molar-refractivity contribution in [3.8, 4) is 0 Å². The number of nitrogens with two attached hydrogens (primary N) is 1. The second-order valence-electron chi connectivity index (χ2n) is 4.02. The van der Waals surface area contributed by atoms with Crippen LogP contribution in [0.2, 0.25) is 0 Å². The van der Waals surface area contributed by atoms with E-state index in [1.54, 1.807) is 0 Å². The largest absolute Gasteiger partial charge is 0.409 e. The van der Waals surface area contributed by atoms with Crippen molar-refractivity contribution in [2.24, 2.45) is 10.9 Å². The predicted molar refractivity (Wildman–Crippen MR) is 68.7 cm³/mol. The fourth-order valence-corrected chi connectivity index (χ4v) is 2.32. The third-order valence-electron chi connectivity index (χ3n) is 2.41. The molecule has 1 amide bonds. The van der Waals surface area contributed by atoms with Crippen molar-refractivity contribution >= 4 is 23.1 Å². The summed E-state index contributed by atoms with van der Waals surface area (Å²) in [5.41, 5.74) is 6.48. The van der Waals surface area contributed by atoms with Crippen LogP contribution in [-0.4, -0.2) is 23.0 Å². The smallest absolute Gasteiger partial charge is 0.261 e. The van der Waals surface area contributed by atoms with Gasteiger partial charge in [-0.1, -0.05) is 5.16 Å². The average Bonchev–Trinajstić information content (AvgIpc) is 2.59. The van der Waals surface area contributed by atoms with Crippen LogP contribution in [0.3, 0.4) is 0 Å². The van der Waals surface area contributed by atoms with E-state index in [9.17, 15) is 4.79 Å². The van der Waals surface area contributed by atoms with E-state index in [2.05, 4.69) is 10.5 Å². The van der Waals surface area contributed by atoms with Crippen LogP contribution < -0.4 is 11.1 Å². The van der Waals surface area contributed by atoms with E-state index in [0.717, 1.165) is 10.4 Å². The number of hydrogen-bond donors (Lipinski definition) is 3. The minimum Gasteiger partial charge on any atom is -0.409 e. The van der Waals surface area contributed by atoms with Gasteiger partial charge in [-0.2, -0.15) is 0 Å². The first kappa shape index (κ1) is 13.5. The lowest BCUT2D eigenvalue weighted by molar-refractivity contribution is 0.0945. The molecule has 0 saturated heterocycles. The van der Waals surface area contributed by atoms with Crippen molar-refractivity contribution in [1.29, 1.82) is 0 Å². The molecule has 6 heteroatoms.